The van der Waals surface area contributed by atoms with Crippen molar-refractivity contribution in [1.29, 1.82) is 0 Å². The summed E-state index contributed by atoms with van der Waals surface area (Å²) >= 11 is 0. The van der Waals surface area contributed by atoms with Gasteiger partial charge in [0.15, 0.2) is 0 Å². The summed E-state index contributed by atoms with van der Waals surface area (Å²) < 4.78 is 0. The molecule has 0 bridgehead atoms. The maximum Gasteiger partial charge on any atom is 0.0443 e. The van der Waals surface area contributed by atoms with Crippen LogP contribution in [0.2, 0.25) is 0 Å². The molecule has 1 radical (unpaired) electrons. The van der Waals surface area contributed by atoms with E-state index >= 15 is 0 Å². The minimum atomic E-state index is 0. The normalized spacial score (nSPS) is 11.2. The molecule has 0 saturated heterocycles. The maximum absolute atomic E-state index is 8.99. The van der Waals surface area contributed by atoms with Crippen LogP contribution < -0.4 is 5.32 Å². The van der Waals surface area contributed by atoms with Crippen molar-refractivity contribution < 1.29 is 32.4 Å². The number of aliphatic hydroxyl groups is 3. The third-order valence-electron chi connectivity index (χ3n) is 3.56. The molecule has 4 N–H and O–H groups in total. The molecule has 0 atom stereocenters. The molecule has 0 amide bonds. The summed E-state index contributed by atoms with van der Waals surface area (Å²) in [5, 5.41) is 29.9. The first kappa shape index (κ1) is 24.5. The minimum Gasteiger partial charge on any atom is -0.396 e. The fourth-order valence-electron chi connectivity index (χ4n) is 2.20. The Labute approximate surface area is 146 Å². The van der Waals surface area contributed by atoms with Crippen LogP contribution >= 0.6 is 0 Å². The minimum absolute atomic E-state index is 0. The van der Waals surface area contributed by atoms with Gasteiger partial charge in [0, 0.05) is 76.2 Å². The number of hydrogen-bond donors (Lipinski definition) is 4. The zero-order valence-electron chi connectivity index (χ0n) is 14.0. The molecule has 135 valence electrons. The number of hydrogen-bond acceptors (Lipinski definition) is 6. The van der Waals surface area contributed by atoms with Gasteiger partial charge >= 0.3 is 0 Å². The first-order valence-electron chi connectivity index (χ1n) is 8.26. The topological polar surface area (TPSA) is 79.2 Å². The molecule has 0 unspecified atom stereocenters. The molecule has 0 aliphatic carbocycles. The molecule has 0 heterocycles. The summed E-state index contributed by atoms with van der Waals surface area (Å²) in [6, 6.07) is 0. The van der Waals surface area contributed by atoms with Crippen LogP contribution in [0.1, 0.15) is 26.2 Å². The Bertz CT molecular complexity index is 214. The van der Waals surface area contributed by atoms with Gasteiger partial charge in [0.05, 0.1) is 0 Å². The predicted octanol–water partition coefficient (Wildman–Crippen LogP) is -0.655. The van der Waals surface area contributed by atoms with Crippen molar-refractivity contribution in [2.75, 3.05) is 72.2 Å². The van der Waals surface area contributed by atoms with Crippen molar-refractivity contribution in [2.45, 2.75) is 26.2 Å². The Hall–Kier alpha value is 0.279. The Morgan fingerprint density at radius 2 is 1.23 bits per heavy atom. The summed E-state index contributed by atoms with van der Waals surface area (Å²) in [4.78, 5) is 4.71. The average molecular weight is 360 g/mol. The number of nitrogens with zero attached hydrogens (tertiary/aromatic N) is 2. The Morgan fingerprint density at radius 3 is 1.77 bits per heavy atom. The van der Waals surface area contributed by atoms with E-state index in [0.29, 0.717) is 0 Å². The maximum atomic E-state index is 8.99. The first-order chi connectivity index (χ1) is 10.3. The third-order valence-corrected chi connectivity index (χ3v) is 3.56. The molecule has 0 rings (SSSR count). The monoisotopic (exact) mass is 360 g/mol. The van der Waals surface area contributed by atoms with Crippen LogP contribution in [0.5, 0.6) is 0 Å². The van der Waals surface area contributed by atoms with E-state index in [1.54, 1.807) is 0 Å². The molecule has 0 aliphatic rings. The molecule has 0 fully saturated rings. The zero-order chi connectivity index (χ0) is 15.8. The summed E-state index contributed by atoms with van der Waals surface area (Å²) in [5.74, 6) is 0. The van der Waals surface area contributed by atoms with Crippen molar-refractivity contribution in [3.8, 4) is 0 Å². The smallest absolute Gasteiger partial charge is 0.0443 e. The fourth-order valence-corrected chi connectivity index (χ4v) is 2.20. The third kappa shape index (κ3) is 15.2. The van der Waals surface area contributed by atoms with E-state index in [9.17, 15) is 0 Å². The van der Waals surface area contributed by atoms with Gasteiger partial charge in [-0.3, -0.25) is 0 Å². The summed E-state index contributed by atoms with van der Waals surface area (Å²) in [6.07, 6.45) is 2.42. The van der Waals surface area contributed by atoms with E-state index in [1.165, 1.54) is 0 Å². The van der Waals surface area contributed by atoms with Crippen molar-refractivity contribution in [3.05, 3.63) is 0 Å². The van der Waals surface area contributed by atoms with E-state index < -0.39 is 0 Å². The van der Waals surface area contributed by atoms with Crippen molar-refractivity contribution in [3.63, 3.8) is 0 Å². The predicted molar refractivity (Wildman–Crippen MR) is 86.5 cm³/mol. The van der Waals surface area contributed by atoms with Crippen molar-refractivity contribution >= 4 is 0 Å². The number of likely N-dealkylation sites (N-methyl/N-ethyl adjacent to an activating group) is 1. The zero-order valence-corrected chi connectivity index (χ0v) is 15.2. The van der Waals surface area contributed by atoms with Crippen LogP contribution in [0.25, 0.3) is 0 Å². The van der Waals surface area contributed by atoms with Gasteiger partial charge < -0.3 is 30.4 Å². The van der Waals surface area contributed by atoms with Crippen LogP contribution in [-0.2, 0) is 17.1 Å². The molecule has 7 heteroatoms. The standard InChI is InChI=1S/C15H35N3O3.Mn/c1-2-17(8-4-14-20)11-12-18(9-5-15-21)10-7-16-6-3-13-19;/h16,19-21H,2-15H2,1H3;. The number of aliphatic hydroxyl groups excluding tert-OH is 3. The van der Waals surface area contributed by atoms with E-state index in [2.05, 4.69) is 22.0 Å². The molecule has 0 aliphatic heterocycles. The van der Waals surface area contributed by atoms with Crippen molar-refractivity contribution in [1.82, 2.24) is 15.1 Å². The second kappa shape index (κ2) is 19.3. The quantitative estimate of drug-likeness (QED) is 0.216. The van der Waals surface area contributed by atoms with Gasteiger partial charge in [0.25, 0.3) is 0 Å². The van der Waals surface area contributed by atoms with Crippen LogP contribution in [0.15, 0.2) is 0 Å². The Morgan fingerprint density at radius 1 is 0.682 bits per heavy atom. The van der Waals surface area contributed by atoms with Crippen LogP contribution in [-0.4, -0.2) is 97.3 Å². The Kier molecular flexibility index (Phi) is 21.5. The van der Waals surface area contributed by atoms with Gasteiger partial charge in [-0.25, -0.2) is 0 Å². The van der Waals surface area contributed by atoms with E-state index in [-0.39, 0.29) is 36.9 Å². The van der Waals surface area contributed by atoms with E-state index in [1.807, 2.05) is 0 Å². The van der Waals surface area contributed by atoms with Gasteiger partial charge in [0.1, 0.15) is 0 Å². The van der Waals surface area contributed by atoms with Gasteiger partial charge in [-0.15, -0.1) is 0 Å². The molecule has 0 aromatic rings. The molecule has 6 nitrogen and oxygen atoms in total. The molecular weight excluding hydrogens is 325 g/mol. The summed E-state index contributed by atoms with van der Waals surface area (Å²) in [6.45, 7) is 10.4. The summed E-state index contributed by atoms with van der Waals surface area (Å²) in [7, 11) is 0. The van der Waals surface area contributed by atoms with Gasteiger partial charge in [-0.2, -0.15) is 0 Å². The van der Waals surface area contributed by atoms with Crippen LogP contribution in [0.3, 0.4) is 0 Å². The second-order valence-corrected chi connectivity index (χ2v) is 5.26. The Balaban J connectivity index is 0. The molecule has 22 heavy (non-hydrogen) atoms. The van der Waals surface area contributed by atoms with Crippen molar-refractivity contribution in [2.24, 2.45) is 0 Å². The molecule has 0 saturated carbocycles. The van der Waals surface area contributed by atoms with Crippen LogP contribution in [0, 0.1) is 0 Å². The first-order valence-corrected chi connectivity index (χ1v) is 8.26. The molecule has 0 spiro atoms. The van der Waals surface area contributed by atoms with E-state index in [0.717, 1.165) is 71.6 Å². The SMILES string of the molecule is CCN(CCCO)CCN(CCCO)CCNCCCO.[Mn]. The van der Waals surface area contributed by atoms with Gasteiger partial charge in [0.2, 0.25) is 0 Å². The summed E-state index contributed by atoms with van der Waals surface area (Å²) in [5.41, 5.74) is 0. The van der Waals surface area contributed by atoms with Crippen LogP contribution in [0.4, 0.5) is 0 Å². The average Bonchev–Trinajstić information content (AvgIpc) is 2.51. The molecular formula is C15H35MnN3O3. The second-order valence-electron chi connectivity index (χ2n) is 5.26. The van der Waals surface area contributed by atoms with E-state index in [4.69, 9.17) is 15.3 Å². The van der Waals surface area contributed by atoms with Gasteiger partial charge in [-0.05, 0) is 32.4 Å². The number of rotatable bonds is 16. The molecule has 0 aromatic heterocycles. The fraction of sp³-hybridized carbons (Fsp3) is 1.00. The largest absolute Gasteiger partial charge is 0.396 e. The van der Waals surface area contributed by atoms with Gasteiger partial charge in [-0.1, -0.05) is 6.92 Å². The number of nitrogens with one attached hydrogen (secondary N) is 1. The molecule has 0 aromatic carbocycles.